The molecule has 0 atom stereocenters. The Kier molecular flexibility index (Phi) is 6.73. The summed E-state index contributed by atoms with van der Waals surface area (Å²) in [4.78, 5) is 31.8. The average molecular weight is 425 g/mol. The van der Waals surface area contributed by atoms with Gasteiger partial charge >= 0.3 is 11.8 Å². The molecule has 1 fully saturated rings. The first-order chi connectivity index (χ1) is 14.8. The number of benzene rings is 2. The maximum absolute atomic E-state index is 12.6. The van der Waals surface area contributed by atoms with E-state index in [2.05, 4.69) is 9.88 Å². The standard InChI is InChI=1S/C22H26N4O3.C2H6/c1-22(2,3)29-21(28)25-13-12-24(15-25)17-10-7-11-18-19(17)23-20(27)26(18)14-16-8-5-4-6-9-16;1-2/h4-11H,12-15H2,1-3H3,(H,23,27);1-2H3. The van der Waals surface area contributed by atoms with Crippen molar-refractivity contribution in [3.63, 3.8) is 0 Å². The summed E-state index contributed by atoms with van der Waals surface area (Å²) in [6.45, 7) is 11.8. The summed E-state index contributed by atoms with van der Waals surface area (Å²) in [5, 5.41) is 0. The van der Waals surface area contributed by atoms with Gasteiger partial charge in [0.25, 0.3) is 0 Å². The minimum atomic E-state index is -0.523. The van der Waals surface area contributed by atoms with Crippen LogP contribution in [0.1, 0.15) is 40.2 Å². The number of anilines is 1. The van der Waals surface area contributed by atoms with E-state index in [-0.39, 0.29) is 11.8 Å². The van der Waals surface area contributed by atoms with E-state index in [0.717, 1.165) is 22.3 Å². The molecule has 7 nitrogen and oxygen atoms in total. The van der Waals surface area contributed by atoms with Gasteiger partial charge in [0.05, 0.1) is 29.9 Å². The van der Waals surface area contributed by atoms with Crippen molar-refractivity contribution < 1.29 is 9.53 Å². The number of H-pyrrole nitrogens is 1. The SMILES string of the molecule is CC.CC(C)(C)OC(=O)N1CCN(c2cccc3c2[nH]c(=O)n3Cc2ccccc2)C1. The fourth-order valence-electron chi connectivity index (χ4n) is 3.61. The second-order valence-electron chi connectivity index (χ2n) is 8.32. The zero-order valence-corrected chi connectivity index (χ0v) is 19.0. The number of rotatable bonds is 3. The molecule has 0 spiro atoms. The molecule has 0 saturated carbocycles. The summed E-state index contributed by atoms with van der Waals surface area (Å²) in [5.74, 6) is 0. The molecule has 166 valence electrons. The molecule has 0 radical (unpaired) electrons. The number of hydrogen-bond donors (Lipinski definition) is 1. The van der Waals surface area contributed by atoms with Crippen LogP contribution in [0, 0.1) is 0 Å². The summed E-state index contributed by atoms with van der Waals surface area (Å²) < 4.78 is 7.23. The van der Waals surface area contributed by atoms with Gasteiger partial charge in [-0.3, -0.25) is 9.47 Å². The zero-order chi connectivity index (χ0) is 22.6. The van der Waals surface area contributed by atoms with Crippen molar-refractivity contribution in [3.8, 4) is 0 Å². The van der Waals surface area contributed by atoms with Crippen LogP contribution in [0.15, 0.2) is 53.3 Å². The summed E-state index contributed by atoms with van der Waals surface area (Å²) in [6.07, 6.45) is -0.317. The van der Waals surface area contributed by atoms with Gasteiger partial charge in [0.1, 0.15) is 5.60 Å². The Bertz CT molecular complexity index is 1080. The van der Waals surface area contributed by atoms with Gasteiger partial charge in [-0.05, 0) is 38.5 Å². The highest BCUT2D eigenvalue weighted by Gasteiger charge is 2.29. The number of nitrogens with zero attached hydrogens (tertiary/aromatic N) is 3. The van der Waals surface area contributed by atoms with Gasteiger partial charge in [0.2, 0.25) is 0 Å². The van der Waals surface area contributed by atoms with Crippen molar-refractivity contribution in [2.24, 2.45) is 0 Å². The first-order valence-corrected chi connectivity index (χ1v) is 10.8. The van der Waals surface area contributed by atoms with Crippen molar-refractivity contribution in [2.45, 2.75) is 46.8 Å². The van der Waals surface area contributed by atoms with Crippen molar-refractivity contribution in [1.82, 2.24) is 14.5 Å². The van der Waals surface area contributed by atoms with Gasteiger partial charge in [-0.25, -0.2) is 9.59 Å². The molecule has 1 aliphatic rings. The van der Waals surface area contributed by atoms with Gasteiger partial charge in [-0.2, -0.15) is 0 Å². The van der Waals surface area contributed by atoms with Gasteiger partial charge in [0.15, 0.2) is 0 Å². The molecule has 7 heteroatoms. The van der Waals surface area contributed by atoms with Crippen LogP contribution in [0.4, 0.5) is 10.5 Å². The molecule has 2 heterocycles. The number of amides is 1. The number of hydrogen-bond acceptors (Lipinski definition) is 4. The van der Waals surface area contributed by atoms with Crippen LogP contribution in [0.5, 0.6) is 0 Å². The summed E-state index contributed by atoms with van der Waals surface area (Å²) in [5.41, 5.74) is 2.96. The van der Waals surface area contributed by atoms with Crippen LogP contribution in [0.3, 0.4) is 0 Å². The first-order valence-electron chi connectivity index (χ1n) is 10.8. The normalized spacial score (nSPS) is 13.8. The van der Waals surface area contributed by atoms with Gasteiger partial charge in [0, 0.05) is 13.1 Å². The number of ether oxygens (including phenoxy) is 1. The summed E-state index contributed by atoms with van der Waals surface area (Å²) in [7, 11) is 0. The smallest absolute Gasteiger partial charge is 0.411 e. The monoisotopic (exact) mass is 424 g/mol. The van der Waals surface area contributed by atoms with E-state index >= 15 is 0 Å². The van der Waals surface area contributed by atoms with Crippen LogP contribution < -0.4 is 10.6 Å². The van der Waals surface area contributed by atoms with Crippen molar-refractivity contribution >= 4 is 22.8 Å². The van der Waals surface area contributed by atoms with E-state index < -0.39 is 5.60 Å². The minimum Gasteiger partial charge on any atom is -0.444 e. The Morgan fingerprint density at radius 2 is 1.74 bits per heavy atom. The van der Waals surface area contributed by atoms with E-state index in [1.54, 1.807) is 9.47 Å². The van der Waals surface area contributed by atoms with Crippen LogP contribution in [-0.4, -0.2) is 45.9 Å². The largest absolute Gasteiger partial charge is 0.444 e. The maximum Gasteiger partial charge on any atom is 0.411 e. The zero-order valence-electron chi connectivity index (χ0n) is 19.0. The predicted molar refractivity (Wildman–Crippen MR) is 125 cm³/mol. The second kappa shape index (κ2) is 9.29. The number of carbonyl (C=O) groups is 1. The van der Waals surface area contributed by atoms with Gasteiger partial charge in [-0.1, -0.05) is 50.2 Å². The molecule has 3 aromatic rings. The number of imidazole rings is 1. The van der Waals surface area contributed by atoms with E-state index in [0.29, 0.717) is 26.3 Å². The molecule has 0 aliphatic carbocycles. The molecule has 1 aromatic heterocycles. The molecule has 1 saturated heterocycles. The Morgan fingerprint density at radius 3 is 2.42 bits per heavy atom. The number of carbonyl (C=O) groups excluding carboxylic acids is 1. The van der Waals surface area contributed by atoms with Crippen LogP contribution in [-0.2, 0) is 11.3 Å². The van der Waals surface area contributed by atoms with E-state index in [4.69, 9.17) is 4.74 Å². The van der Waals surface area contributed by atoms with Crippen molar-refractivity contribution in [1.29, 1.82) is 0 Å². The minimum absolute atomic E-state index is 0.139. The van der Waals surface area contributed by atoms with E-state index in [1.165, 1.54) is 0 Å². The molecular formula is C24H32N4O3. The average Bonchev–Trinajstić information content (AvgIpc) is 3.35. The van der Waals surface area contributed by atoms with Crippen LogP contribution in [0.25, 0.3) is 11.0 Å². The highest BCUT2D eigenvalue weighted by molar-refractivity contribution is 5.89. The third kappa shape index (κ3) is 5.10. The number of para-hydroxylation sites is 1. The maximum atomic E-state index is 12.6. The molecular weight excluding hydrogens is 392 g/mol. The lowest BCUT2D eigenvalue weighted by Crippen LogP contribution is -2.36. The topological polar surface area (TPSA) is 70.6 Å². The fraction of sp³-hybridized carbons (Fsp3) is 0.417. The third-order valence-corrected chi connectivity index (χ3v) is 4.95. The molecule has 1 amide bonds. The molecule has 1 aliphatic heterocycles. The second-order valence-corrected chi connectivity index (χ2v) is 8.32. The highest BCUT2D eigenvalue weighted by atomic mass is 16.6. The summed E-state index contributed by atoms with van der Waals surface area (Å²) >= 11 is 0. The predicted octanol–water partition coefficient (Wildman–Crippen LogP) is 4.42. The molecule has 1 N–H and O–H groups in total. The van der Waals surface area contributed by atoms with Crippen molar-refractivity contribution in [3.05, 3.63) is 64.6 Å². The van der Waals surface area contributed by atoms with Gasteiger partial charge < -0.3 is 14.6 Å². The van der Waals surface area contributed by atoms with Crippen molar-refractivity contribution in [2.75, 3.05) is 24.7 Å². The van der Waals surface area contributed by atoms with Crippen LogP contribution >= 0.6 is 0 Å². The van der Waals surface area contributed by atoms with Gasteiger partial charge in [-0.15, -0.1) is 0 Å². The number of aromatic amines is 1. The molecule has 0 unspecified atom stereocenters. The highest BCUT2D eigenvalue weighted by Crippen LogP contribution is 2.27. The molecule has 2 aromatic carbocycles. The molecule has 31 heavy (non-hydrogen) atoms. The van der Waals surface area contributed by atoms with Crippen LogP contribution in [0.2, 0.25) is 0 Å². The number of fused-ring (bicyclic) bond motifs is 1. The Morgan fingerprint density at radius 1 is 1.03 bits per heavy atom. The van der Waals surface area contributed by atoms with E-state index in [1.807, 2.05) is 83.1 Å². The number of nitrogens with one attached hydrogen (secondary N) is 1. The fourth-order valence-corrected chi connectivity index (χ4v) is 3.61. The lowest BCUT2D eigenvalue weighted by molar-refractivity contribution is 0.0297. The lowest BCUT2D eigenvalue weighted by atomic mass is 10.2. The molecule has 4 rings (SSSR count). The summed E-state index contributed by atoms with van der Waals surface area (Å²) in [6, 6.07) is 15.8. The molecule has 0 bridgehead atoms. The lowest BCUT2D eigenvalue weighted by Gasteiger charge is -2.25. The third-order valence-electron chi connectivity index (χ3n) is 4.95. The Hall–Kier alpha value is -3.22. The first kappa shape index (κ1) is 22.5. The van der Waals surface area contributed by atoms with E-state index in [9.17, 15) is 9.59 Å². The number of aromatic nitrogens is 2. The Labute approximate surface area is 183 Å². The Balaban J connectivity index is 0.00000132. The quantitative estimate of drug-likeness (QED) is 0.676.